The van der Waals surface area contributed by atoms with Gasteiger partial charge in [-0.15, -0.1) is 0 Å². The number of carbonyl (C=O) groups excluding carboxylic acids is 2. The number of pyridine rings is 2. The van der Waals surface area contributed by atoms with Gasteiger partial charge in [-0.25, -0.2) is 9.37 Å². The standard InChI is InChI=1S/C28H34FN5O5/c1-28(2,3)39-24(35)12-11-18(13-17-9-7-6-8-10-17)31-27-21(29)16-20(25(30)36)26(34-27)32-19-14-22(37-4)33-23(15-19)38-5/h6-10,14-16,18H,11-13H2,1-5H3,(H2,30,36)(H2,31,32,33,34)/t18-/m0/s1. The summed E-state index contributed by atoms with van der Waals surface area (Å²) >= 11 is 0. The van der Waals surface area contributed by atoms with E-state index in [1.54, 1.807) is 32.9 Å². The highest BCUT2D eigenvalue weighted by molar-refractivity contribution is 5.98. The molecule has 0 aliphatic carbocycles. The van der Waals surface area contributed by atoms with Gasteiger partial charge in [0.1, 0.15) is 11.4 Å². The zero-order chi connectivity index (χ0) is 28.6. The van der Waals surface area contributed by atoms with E-state index in [-0.39, 0.29) is 47.4 Å². The molecule has 1 aromatic carbocycles. The minimum absolute atomic E-state index is 0.0207. The Morgan fingerprint density at radius 3 is 2.21 bits per heavy atom. The number of anilines is 3. The molecule has 4 N–H and O–H groups in total. The van der Waals surface area contributed by atoms with Crippen LogP contribution in [0.25, 0.3) is 0 Å². The van der Waals surface area contributed by atoms with Crippen LogP contribution in [0.4, 0.5) is 21.7 Å². The van der Waals surface area contributed by atoms with Crippen LogP contribution in [0.5, 0.6) is 11.8 Å². The molecule has 2 heterocycles. The second-order valence-corrected chi connectivity index (χ2v) is 9.80. The molecule has 0 spiro atoms. The first-order valence-electron chi connectivity index (χ1n) is 12.4. The number of ether oxygens (including phenoxy) is 3. The van der Waals surface area contributed by atoms with Crippen molar-refractivity contribution in [2.24, 2.45) is 5.73 Å². The number of methoxy groups -OCH3 is 2. The summed E-state index contributed by atoms with van der Waals surface area (Å²) in [6.07, 6.45) is 0.957. The molecule has 0 aliphatic rings. The minimum atomic E-state index is -0.866. The van der Waals surface area contributed by atoms with Crippen LogP contribution in [-0.4, -0.2) is 47.7 Å². The minimum Gasteiger partial charge on any atom is -0.481 e. The predicted octanol–water partition coefficient (Wildman–Crippen LogP) is 4.62. The molecular formula is C28H34FN5O5. The fourth-order valence-electron chi connectivity index (χ4n) is 3.77. The summed E-state index contributed by atoms with van der Waals surface area (Å²) in [6.45, 7) is 5.39. The molecule has 208 valence electrons. The topological polar surface area (TPSA) is 138 Å². The molecule has 2 aromatic heterocycles. The second kappa shape index (κ2) is 12.9. The zero-order valence-corrected chi connectivity index (χ0v) is 22.7. The molecule has 1 atom stereocenters. The number of carbonyl (C=O) groups is 2. The van der Waals surface area contributed by atoms with Crippen LogP contribution in [0.15, 0.2) is 48.5 Å². The van der Waals surface area contributed by atoms with E-state index in [1.165, 1.54) is 14.2 Å². The Hall–Kier alpha value is -4.41. The van der Waals surface area contributed by atoms with Crippen molar-refractivity contribution < 1.29 is 28.2 Å². The van der Waals surface area contributed by atoms with Gasteiger partial charge in [0, 0.05) is 24.6 Å². The van der Waals surface area contributed by atoms with Gasteiger partial charge in [-0.2, -0.15) is 4.98 Å². The highest BCUT2D eigenvalue weighted by Gasteiger charge is 2.22. The highest BCUT2D eigenvalue weighted by atomic mass is 19.1. The molecule has 0 aliphatic heterocycles. The summed E-state index contributed by atoms with van der Waals surface area (Å²) in [5.74, 6) is -1.58. The number of hydrogen-bond acceptors (Lipinski definition) is 9. The molecule has 39 heavy (non-hydrogen) atoms. The molecule has 0 saturated heterocycles. The SMILES string of the molecule is COc1cc(Nc2nc(N[C@@H](CCC(=O)OC(C)(C)C)Cc3ccccc3)c(F)cc2C(N)=O)cc(OC)n1. The largest absolute Gasteiger partial charge is 0.481 e. The highest BCUT2D eigenvalue weighted by Crippen LogP contribution is 2.28. The third kappa shape index (κ3) is 8.84. The summed E-state index contributed by atoms with van der Waals surface area (Å²) in [7, 11) is 2.89. The first-order chi connectivity index (χ1) is 18.5. The zero-order valence-electron chi connectivity index (χ0n) is 22.7. The lowest BCUT2D eigenvalue weighted by atomic mass is 10.0. The van der Waals surface area contributed by atoms with Gasteiger partial charge in [-0.1, -0.05) is 30.3 Å². The van der Waals surface area contributed by atoms with Crippen molar-refractivity contribution in [2.75, 3.05) is 24.9 Å². The first-order valence-corrected chi connectivity index (χ1v) is 12.4. The summed E-state index contributed by atoms with van der Waals surface area (Å²) in [6, 6.07) is 13.4. The average Bonchev–Trinajstić information content (AvgIpc) is 2.88. The van der Waals surface area contributed by atoms with Gasteiger partial charge >= 0.3 is 5.97 Å². The van der Waals surface area contributed by atoms with E-state index in [0.29, 0.717) is 18.5 Å². The maximum absolute atomic E-state index is 15.2. The lowest BCUT2D eigenvalue weighted by Crippen LogP contribution is -2.28. The van der Waals surface area contributed by atoms with Crippen molar-refractivity contribution in [1.82, 2.24) is 9.97 Å². The van der Waals surface area contributed by atoms with E-state index in [1.807, 2.05) is 30.3 Å². The predicted molar refractivity (Wildman–Crippen MR) is 146 cm³/mol. The molecule has 0 radical (unpaired) electrons. The number of aromatic nitrogens is 2. The average molecular weight is 540 g/mol. The molecule has 0 saturated carbocycles. The molecule has 10 nitrogen and oxygen atoms in total. The maximum atomic E-state index is 15.2. The van der Waals surface area contributed by atoms with Crippen LogP contribution < -0.4 is 25.8 Å². The Morgan fingerprint density at radius 2 is 1.64 bits per heavy atom. The summed E-state index contributed by atoms with van der Waals surface area (Å²) in [5, 5.41) is 6.08. The third-order valence-electron chi connectivity index (χ3n) is 5.48. The van der Waals surface area contributed by atoms with Gasteiger partial charge in [0.25, 0.3) is 5.91 Å². The number of halogens is 1. The lowest BCUT2D eigenvalue weighted by Gasteiger charge is -2.23. The number of esters is 1. The number of primary amides is 1. The molecule has 3 aromatic rings. The van der Waals surface area contributed by atoms with Crippen LogP contribution in [0.2, 0.25) is 0 Å². The smallest absolute Gasteiger partial charge is 0.306 e. The van der Waals surface area contributed by atoms with Gasteiger partial charge in [0.2, 0.25) is 11.8 Å². The lowest BCUT2D eigenvalue weighted by molar-refractivity contribution is -0.155. The number of rotatable bonds is 12. The van der Waals surface area contributed by atoms with E-state index in [0.717, 1.165) is 11.6 Å². The maximum Gasteiger partial charge on any atom is 0.306 e. The number of hydrogen-bond donors (Lipinski definition) is 3. The van der Waals surface area contributed by atoms with E-state index >= 15 is 4.39 Å². The Labute approximate surface area is 227 Å². The molecule has 3 rings (SSSR count). The van der Waals surface area contributed by atoms with Crippen LogP contribution in [-0.2, 0) is 16.0 Å². The van der Waals surface area contributed by atoms with Crippen molar-refractivity contribution in [3.8, 4) is 11.8 Å². The number of nitrogens with two attached hydrogens (primary N) is 1. The van der Waals surface area contributed by atoms with Crippen LogP contribution in [0, 0.1) is 5.82 Å². The molecule has 11 heteroatoms. The molecule has 1 amide bonds. The summed E-state index contributed by atoms with van der Waals surface area (Å²) < 4.78 is 31.0. The van der Waals surface area contributed by atoms with Gasteiger partial charge < -0.3 is 30.6 Å². The molecule has 0 unspecified atom stereocenters. The molecule has 0 bridgehead atoms. The van der Waals surface area contributed by atoms with E-state index in [4.69, 9.17) is 19.9 Å². The van der Waals surface area contributed by atoms with Gasteiger partial charge in [-0.05, 0) is 45.2 Å². The van der Waals surface area contributed by atoms with Crippen LogP contribution in [0.1, 0.15) is 49.5 Å². The normalized spacial score (nSPS) is 11.8. The van der Waals surface area contributed by atoms with Crippen LogP contribution >= 0.6 is 0 Å². The molecular weight excluding hydrogens is 505 g/mol. The third-order valence-corrected chi connectivity index (χ3v) is 5.48. The fourth-order valence-corrected chi connectivity index (χ4v) is 3.77. The summed E-state index contributed by atoms with van der Waals surface area (Å²) in [5.41, 5.74) is 6.17. The Kier molecular flexibility index (Phi) is 9.64. The van der Waals surface area contributed by atoms with E-state index < -0.39 is 17.3 Å². The summed E-state index contributed by atoms with van der Waals surface area (Å²) in [4.78, 5) is 33.0. The fraction of sp³-hybridized carbons (Fsp3) is 0.357. The Balaban J connectivity index is 1.92. The number of nitrogens with zero attached hydrogens (tertiary/aromatic N) is 2. The number of amides is 1. The quantitative estimate of drug-likeness (QED) is 0.282. The monoisotopic (exact) mass is 539 g/mol. The molecule has 0 fully saturated rings. The Morgan fingerprint density at radius 1 is 1.00 bits per heavy atom. The van der Waals surface area contributed by atoms with Gasteiger partial charge in [0.15, 0.2) is 11.6 Å². The number of benzene rings is 1. The second-order valence-electron chi connectivity index (χ2n) is 9.80. The van der Waals surface area contributed by atoms with Crippen LogP contribution in [0.3, 0.4) is 0 Å². The van der Waals surface area contributed by atoms with Crippen molar-refractivity contribution in [3.05, 3.63) is 65.5 Å². The van der Waals surface area contributed by atoms with E-state index in [2.05, 4.69) is 20.6 Å². The number of nitrogens with one attached hydrogen (secondary N) is 2. The van der Waals surface area contributed by atoms with Crippen molar-refractivity contribution in [3.63, 3.8) is 0 Å². The van der Waals surface area contributed by atoms with Crippen molar-refractivity contribution in [2.45, 2.75) is 51.7 Å². The first kappa shape index (κ1) is 29.2. The Bertz CT molecular complexity index is 1280. The van der Waals surface area contributed by atoms with Crippen molar-refractivity contribution >= 4 is 29.2 Å². The van der Waals surface area contributed by atoms with Gasteiger partial charge in [0.05, 0.1) is 25.5 Å². The van der Waals surface area contributed by atoms with Gasteiger partial charge in [-0.3, -0.25) is 9.59 Å². The van der Waals surface area contributed by atoms with E-state index in [9.17, 15) is 9.59 Å². The van der Waals surface area contributed by atoms with Crippen molar-refractivity contribution in [1.29, 1.82) is 0 Å².